The molecule has 0 bridgehead atoms. The van der Waals surface area contributed by atoms with Crippen molar-refractivity contribution in [1.82, 2.24) is 9.88 Å². The Kier molecular flexibility index (Phi) is 3.08. The van der Waals surface area contributed by atoms with Crippen molar-refractivity contribution >= 4 is 5.91 Å². The normalized spacial score (nSPS) is 17.4. The first-order valence-electron chi connectivity index (χ1n) is 5.62. The van der Waals surface area contributed by atoms with E-state index in [1.165, 1.54) is 6.07 Å². The highest BCUT2D eigenvalue weighted by Gasteiger charge is 2.22. The summed E-state index contributed by atoms with van der Waals surface area (Å²) in [5.74, 6) is 0.514. The summed E-state index contributed by atoms with van der Waals surface area (Å²) in [5.41, 5.74) is 0.328. The van der Waals surface area contributed by atoms with Gasteiger partial charge in [0, 0.05) is 19.2 Å². The van der Waals surface area contributed by atoms with E-state index >= 15 is 0 Å². The summed E-state index contributed by atoms with van der Waals surface area (Å²) in [6.07, 6.45) is 2.09. The molecule has 4 nitrogen and oxygen atoms in total. The van der Waals surface area contributed by atoms with Crippen molar-refractivity contribution in [2.45, 2.75) is 19.8 Å². The molecule has 16 heavy (non-hydrogen) atoms. The monoisotopic (exact) mass is 220 g/mol. The van der Waals surface area contributed by atoms with Gasteiger partial charge in [-0.3, -0.25) is 4.79 Å². The number of amides is 1. The van der Waals surface area contributed by atoms with Gasteiger partial charge in [0.25, 0.3) is 5.91 Å². The average molecular weight is 220 g/mol. The highest BCUT2D eigenvalue weighted by atomic mass is 16.3. The molecule has 1 saturated heterocycles. The molecule has 0 saturated carbocycles. The van der Waals surface area contributed by atoms with Gasteiger partial charge in [-0.25, -0.2) is 4.98 Å². The van der Waals surface area contributed by atoms with Crippen LogP contribution in [0, 0.1) is 5.92 Å². The number of rotatable bonds is 1. The molecule has 1 N–H and O–H groups in total. The Hall–Kier alpha value is -1.58. The van der Waals surface area contributed by atoms with Crippen molar-refractivity contribution in [1.29, 1.82) is 0 Å². The minimum absolute atomic E-state index is 0.0807. The lowest BCUT2D eigenvalue weighted by atomic mass is 9.99. The third-order valence-corrected chi connectivity index (χ3v) is 3.02. The molecular formula is C12H16N2O2. The number of pyridine rings is 1. The van der Waals surface area contributed by atoms with Crippen LogP contribution in [-0.2, 0) is 0 Å². The lowest BCUT2D eigenvalue weighted by molar-refractivity contribution is 0.0690. The number of aromatic nitrogens is 1. The van der Waals surface area contributed by atoms with Gasteiger partial charge >= 0.3 is 0 Å². The van der Waals surface area contributed by atoms with Crippen LogP contribution >= 0.6 is 0 Å². The molecule has 1 amide bonds. The Morgan fingerprint density at radius 2 is 2.12 bits per heavy atom. The summed E-state index contributed by atoms with van der Waals surface area (Å²) in [4.78, 5) is 17.6. The van der Waals surface area contributed by atoms with E-state index in [2.05, 4.69) is 11.9 Å². The summed E-state index contributed by atoms with van der Waals surface area (Å²) >= 11 is 0. The fraction of sp³-hybridized carbons (Fsp3) is 0.500. The van der Waals surface area contributed by atoms with Gasteiger partial charge in [0.2, 0.25) is 5.88 Å². The van der Waals surface area contributed by atoms with E-state index in [-0.39, 0.29) is 11.8 Å². The molecule has 2 rings (SSSR count). The first-order valence-corrected chi connectivity index (χ1v) is 5.62. The van der Waals surface area contributed by atoms with E-state index in [0.29, 0.717) is 11.6 Å². The molecule has 2 heterocycles. The van der Waals surface area contributed by atoms with Gasteiger partial charge in [0.1, 0.15) is 5.69 Å². The van der Waals surface area contributed by atoms with E-state index in [4.69, 9.17) is 0 Å². The zero-order valence-electron chi connectivity index (χ0n) is 9.39. The van der Waals surface area contributed by atoms with Crippen LogP contribution in [0.4, 0.5) is 0 Å². The molecule has 1 fully saturated rings. The first kappa shape index (κ1) is 10.9. The van der Waals surface area contributed by atoms with Crippen LogP contribution in [0.15, 0.2) is 18.2 Å². The lowest BCUT2D eigenvalue weighted by Crippen LogP contribution is -2.38. The fourth-order valence-electron chi connectivity index (χ4n) is 1.92. The van der Waals surface area contributed by atoms with Gasteiger partial charge in [0.05, 0.1) is 0 Å². The van der Waals surface area contributed by atoms with Crippen LogP contribution in [0.5, 0.6) is 5.88 Å². The molecule has 0 aromatic carbocycles. The van der Waals surface area contributed by atoms with Gasteiger partial charge in [-0.15, -0.1) is 0 Å². The number of nitrogens with zero attached hydrogens (tertiary/aromatic N) is 2. The van der Waals surface area contributed by atoms with Crippen LogP contribution < -0.4 is 0 Å². The third kappa shape index (κ3) is 2.32. The molecule has 1 aromatic heterocycles. The Morgan fingerprint density at radius 1 is 1.44 bits per heavy atom. The van der Waals surface area contributed by atoms with Crippen molar-refractivity contribution < 1.29 is 9.90 Å². The zero-order valence-corrected chi connectivity index (χ0v) is 9.39. The predicted octanol–water partition coefficient (Wildman–Crippen LogP) is 1.66. The third-order valence-electron chi connectivity index (χ3n) is 3.02. The summed E-state index contributed by atoms with van der Waals surface area (Å²) in [5, 5.41) is 9.22. The van der Waals surface area contributed by atoms with E-state index in [1.807, 2.05) is 4.90 Å². The molecule has 0 atom stereocenters. The quantitative estimate of drug-likeness (QED) is 0.783. The second-order valence-electron chi connectivity index (χ2n) is 4.36. The summed E-state index contributed by atoms with van der Waals surface area (Å²) < 4.78 is 0. The molecule has 0 spiro atoms. The minimum atomic E-state index is -0.101. The zero-order chi connectivity index (χ0) is 11.5. The summed E-state index contributed by atoms with van der Waals surface area (Å²) in [6.45, 7) is 3.78. The number of hydrogen-bond donors (Lipinski definition) is 1. The van der Waals surface area contributed by atoms with Gasteiger partial charge in [-0.2, -0.15) is 0 Å². The standard InChI is InChI=1S/C12H16N2O2/c1-9-5-7-14(8-6-9)12(16)10-3-2-4-11(15)13-10/h2-4,9H,5-8H2,1H3,(H,13,15). The van der Waals surface area contributed by atoms with E-state index < -0.39 is 0 Å². The van der Waals surface area contributed by atoms with Crippen LogP contribution in [0.2, 0.25) is 0 Å². The first-order chi connectivity index (χ1) is 7.66. The maximum absolute atomic E-state index is 12.0. The average Bonchev–Trinajstić information content (AvgIpc) is 2.29. The van der Waals surface area contributed by atoms with Crippen LogP contribution in [0.1, 0.15) is 30.3 Å². The van der Waals surface area contributed by atoms with Crippen LogP contribution in [-0.4, -0.2) is 34.0 Å². The maximum Gasteiger partial charge on any atom is 0.272 e. The topological polar surface area (TPSA) is 53.4 Å². The molecule has 1 aliphatic heterocycles. The van der Waals surface area contributed by atoms with Crippen molar-refractivity contribution in [2.24, 2.45) is 5.92 Å². The van der Waals surface area contributed by atoms with Gasteiger partial charge < -0.3 is 10.0 Å². The highest BCUT2D eigenvalue weighted by Crippen LogP contribution is 2.18. The highest BCUT2D eigenvalue weighted by molar-refractivity contribution is 5.92. The van der Waals surface area contributed by atoms with Crippen molar-refractivity contribution in [3.63, 3.8) is 0 Å². The van der Waals surface area contributed by atoms with E-state index in [9.17, 15) is 9.90 Å². The Balaban J connectivity index is 2.08. The molecule has 86 valence electrons. The molecule has 0 radical (unpaired) electrons. The van der Waals surface area contributed by atoms with Crippen molar-refractivity contribution in [3.05, 3.63) is 23.9 Å². The minimum Gasteiger partial charge on any atom is -0.493 e. The molecular weight excluding hydrogens is 204 g/mol. The van der Waals surface area contributed by atoms with Gasteiger partial charge in [-0.1, -0.05) is 13.0 Å². The van der Waals surface area contributed by atoms with E-state index in [1.54, 1.807) is 12.1 Å². The predicted molar refractivity (Wildman–Crippen MR) is 60.2 cm³/mol. The smallest absolute Gasteiger partial charge is 0.272 e. The second kappa shape index (κ2) is 4.51. The molecule has 0 aliphatic carbocycles. The van der Waals surface area contributed by atoms with E-state index in [0.717, 1.165) is 25.9 Å². The SMILES string of the molecule is CC1CCN(C(=O)c2cccc(O)n2)CC1. The fourth-order valence-corrected chi connectivity index (χ4v) is 1.92. The maximum atomic E-state index is 12.0. The number of hydrogen-bond acceptors (Lipinski definition) is 3. The largest absolute Gasteiger partial charge is 0.493 e. The Bertz CT molecular complexity index is 384. The number of likely N-dealkylation sites (tertiary alicyclic amines) is 1. The molecule has 4 heteroatoms. The number of aromatic hydroxyl groups is 1. The Labute approximate surface area is 94.9 Å². The second-order valence-corrected chi connectivity index (χ2v) is 4.36. The molecule has 1 aromatic rings. The molecule has 0 unspecified atom stereocenters. The Morgan fingerprint density at radius 3 is 2.75 bits per heavy atom. The lowest BCUT2D eigenvalue weighted by Gasteiger charge is -2.29. The van der Waals surface area contributed by atoms with Gasteiger partial charge in [-0.05, 0) is 24.8 Å². The molecule has 1 aliphatic rings. The number of carbonyl (C=O) groups excluding carboxylic acids is 1. The van der Waals surface area contributed by atoms with Crippen molar-refractivity contribution in [2.75, 3.05) is 13.1 Å². The number of carbonyl (C=O) groups is 1. The van der Waals surface area contributed by atoms with Crippen molar-refractivity contribution in [3.8, 4) is 5.88 Å². The van der Waals surface area contributed by atoms with Gasteiger partial charge in [0.15, 0.2) is 0 Å². The summed E-state index contributed by atoms with van der Waals surface area (Å²) in [6, 6.07) is 4.75. The summed E-state index contributed by atoms with van der Waals surface area (Å²) in [7, 11) is 0. The number of piperidine rings is 1. The van der Waals surface area contributed by atoms with Crippen LogP contribution in [0.3, 0.4) is 0 Å². The van der Waals surface area contributed by atoms with Crippen LogP contribution in [0.25, 0.3) is 0 Å².